The Labute approximate surface area is 106 Å². The van der Waals surface area contributed by atoms with Crippen LogP contribution in [0.15, 0.2) is 0 Å². The zero-order chi connectivity index (χ0) is 15.1. The summed E-state index contributed by atoms with van der Waals surface area (Å²) in [7, 11) is 0. The van der Waals surface area contributed by atoms with Gasteiger partial charge in [0.15, 0.2) is 0 Å². The van der Waals surface area contributed by atoms with Gasteiger partial charge in [-0.05, 0) is 24.7 Å². The molecule has 19 heavy (non-hydrogen) atoms. The van der Waals surface area contributed by atoms with E-state index < -0.39 is 36.1 Å². The molecule has 1 rings (SSSR count). The zero-order valence-electron chi connectivity index (χ0n) is 10.4. The lowest BCUT2D eigenvalue weighted by Gasteiger charge is -2.35. The first-order valence-electron chi connectivity index (χ1n) is 5.94. The molecule has 1 aliphatic rings. The first-order chi connectivity index (χ1) is 8.44. The summed E-state index contributed by atoms with van der Waals surface area (Å²) in [6.45, 7) is 3.09. The van der Waals surface area contributed by atoms with Crippen molar-refractivity contribution >= 4 is 0 Å². The average molecular weight is 296 g/mol. The Hall–Kier alpha value is -0.530. The largest absolute Gasteiger partial charge is 0.458 e. The van der Waals surface area contributed by atoms with Crippen molar-refractivity contribution < 1.29 is 35.5 Å². The zero-order valence-corrected chi connectivity index (χ0v) is 10.4. The maximum absolute atomic E-state index is 13.5. The molecule has 0 N–H and O–H groups in total. The van der Waals surface area contributed by atoms with Gasteiger partial charge in [0.05, 0.1) is 6.10 Å². The van der Waals surface area contributed by atoms with Crippen LogP contribution in [0.2, 0.25) is 0 Å². The predicted octanol–water partition coefficient (Wildman–Crippen LogP) is 4.62. The second-order valence-electron chi connectivity index (χ2n) is 4.90. The standard InChI is InChI=1S/C11H15F7O/c1-3-7-5-4-6(2)8(7)19-9(12,10(13,14)15)11(16,17)18/h6-8H,3-5H2,1-2H3. The van der Waals surface area contributed by atoms with E-state index in [-0.39, 0.29) is 0 Å². The molecule has 0 bridgehead atoms. The van der Waals surface area contributed by atoms with Gasteiger partial charge in [0, 0.05) is 0 Å². The van der Waals surface area contributed by atoms with Crippen molar-refractivity contribution in [2.75, 3.05) is 0 Å². The van der Waals surface area contributed by atoms with E-state index in [0.29, 0.717) is 19.3 Å². The lowest BCUT2D eigenvalue weighted by atomic mass is 9.99. The van der Waals surface area contributed by atoms with Crippen molar-refractivity contribution in [1.82, 2.24) is 0 Å². The molecule has 1 fully saturated rings. The summed E-state index contributed by atoms with van der Waals surface area (Å²) in [5, 5.41) is 0. The van der Waals surface area contributed by atoms with Crippen LogP contribution < -0.4 is 0 Å². The fraction of sp³-hybridized carbons (Fsp3) is 1.00. The third kappa shape index (κ3) is 2.98. The molecule has 0 aromatic heterocycles. The van der Waals surface area contributed by atoms with E-state index in [9.17, 15) is 30.7 Å². The molecule has 3 unspecified atom stereocenters. The van der Waals surface area contributed by atoms with E-state index in [1.165, 1.54) is 6.92 Å². The SMILES string of the molecule is CCC1CCC(C)C1OC(F)(C(F)(F)F)C(F)(F)F. The number of halogens is 7. The second kappa shape index (κ2) is 5.10. The molecule has 114 valence electrons. The second-order valence-corrected chi connectivity index (χ2v) is 4.90. The first-order valence-corrected chi connectivity index (χ1v) is 5.94. The van der Waals surface area contributed by atoms with Gasteiger partial charge in [-0.15, -0.1) is 0 Å². The molecular weight excluding hydrogens is 281 g/mol. The Morgan fingerprint density at radius 2 is 1.42 bits per heavy atom. The lowest BCUT2D eigenvalue weighted by Crippen LogP contribution is -2.57. The van der Waals surface area contributed by atoms with Crippen LogP contribution in [0.25, 0.3) is 0 Å². The number of rotatable bonds is 3. The molecule has 8 heteroatoms. The minimum Gasteiger partial charge on any atom is -0.328 e. The van der Waals surface area contributed by atoms with Crippen LogP contribution in [0, 0.1) is 11.8 Å². The fourth-order valence-electron chi connectivity index (χ4n) is 2.40. The van der Waals surface area contributed by atoms with E-state index >= 15 is 0 Å². The molecule has 1 aliphatic carbocycles. The third-order valence-electron chi connectivity index (χ3n) is 3.57. The van der Waals surface area contributed by atoms with Crippen LogP contribution in [0.3, 0.4) is 0 Å². The van der Waals surface area contributed by atoms with Crippen LogP contribution in [-0.4, -0.2) is 24.3 Å². The van der Waals surface area contributed by atoms with Crippen molar-refractivity contribution in [3.8, 4) is 0 Å². The van der Waals surface area contributed by atoms with Crippen LogP contribution in [0.4, 0.5) is 30.7 Å². The number of hydrogen-bond acceptors (Lipinski definition) is 1. The summed E-state index contributed by atoms with van der Waals surface area (Å²) in [5.41, 5.74) is 0. The molecule has 1 nitrogen and oxygen atoms in total. The van der Waals surface area contributed by atoms with Gasteiger partial charge in [0.1, 0.15) is 0 Å². The fourth-order valence-corrected chi connectivity index (χ4v) is 2.40. The van der Waals surface area contributed by atoms with E-state index in [2.05, 4.69) is 4.74 Å². The summed E-state index contributed by atoms with van der Waals surface area (Å²) >= 11 is 0. The van der Waals surface area contributed by atoms with Gasteiger partial charge in [-0.1, -0.05) is 20.3 Å². The van der Waals surface area contributed by atoms with Gasteiger partial charge in [0.25, 0.3) is 0 Å². The van der Waals surface area contributed by atoms with Crippen molar-refractivity contribution in [3.63, 3.8) is 0 Å². The quantitative estimate of drug-likeness (QED) is 0.691. The minimum atomic E-state index is -6.15. The molecule has 0 aromatic carbocycles. The normalized spacial score (nSPS) is 29.8. The van der Waals surface area contributed by atoms with E-state index in [1.807, 2.05) is 0 Å². The summed E-state index contributed by atoms with van der Waals surface area (Å²) < 4.78 is 91.7. The molecule has 0 saturated heterocycles. The summed E-state index contributed by atoms with van der Waals surface area (Å²) in [5.74, 6) is -6.63. The van der Waals surface area contributed by atoms with Crippen molar-refractivity contribution in [2.45, 2.75) is 57.4 Å². The summed E-state index contributed by atoms with van der Waals surface area (Å²) in [6.07, 6.45) is -12.5. The number of ether oxygens (including phenoxy) is 1. The lowest BCUT2D eigenvalue weighted by molar-refractivity contribution is -0.442. The summed E-state index contributed by atoms with van der Waals surface area (Å²) in [4.78, 5) is 0. The average Bonchev–Trinajstić information content (AvgIpc) is 2.56. The minimum absolute atomic E-state index is 0.348. The smallest absolute Gasteiger partial charge is 0.328 e. The highest BCUT2D eigenvalue weighted by molar-refractivity contribution is 4.91. The Kier molecular flexibility index (Phi) is 4.44. The topological polar surface area (TPSA) is 9.23 Å². The molecule has 3 atom stereocenters. The first kappa shape index (κ1) is 16.5. The van der Waals surface area contributed by atoms with Gasteiger partial charge in [0.2, 0.25) is 0 Å². The molecule has 0 heterocycles. The Morgan fingerprint density at radius 1 is 0.947 bits per heavy atom. The van der Waals surface area contributed by atoms with Gasteiger partial charge in [-0.3, -0.25) is 0 Å². The van der Waals surface area contributed by atoms with Crippen LogP contribution in [0.5, 0.6) is 0 Å². The molecule has 0 spiro atoms. The van der Waals surface area contributed by atoms with Crippen molar-refractivity contribution in [2.24, 2.45) is 11.8 Å². The maximum Gasteiger partial charge on any atom is 0.458 e. The Balaban J connectivity index is 3.03. The number of alkyl halides is 7. The molecule has 0 aliphatic heterocycles. The highest BCUT2D eigenvalue weighted by Gasteiger charge is 2.75. The molecule has 1 saturated carbocycles. The van der Waals surface area contributed by atoms with Gasteiger partial charge < -0.3 is 4.74 Å². The predicted molar refractivity (Wildman–Crippen MR) is 53.0 cm³/mol. The van der Waals surface area contributed by atoms with E-state index in [1.54, 1.807) is 6.92 Å². The van der Waals surface area contributed by atoms with E-state index in [4.69, 9.17) is 0 Å². The highest BCUT2D eigenvalue weighted by atomic mass is 19.4. The maximum atomic E-state index is 13.5. The summed E-state index contributed by atoms with van der Waals surface area (Å²) in [6, 6.07) is 0. The third-order valence-corrected chi connectivity index (χ3v) is 3.57. The Bertz CT molecular complexity index is 295. The van der Waals surface area contributed by atoms with Gasteiger partial charge in [-0.2, -0.15) is 30.7 Å². The van der Waals surface area contributed by atoms with Crippen LogP contribution >= 0.6 is 0 Å². The van der Waals surface area contributed by atoms with Gasteiger partial charge >= 0.3 is 18.2 Å². The number of hydrogen-bond donors (Lipinski definition) is 0. The van der Waals surface area contributed by atoms with Crippen LogP contribution in [-0.2, 0) is 4.74 Å². The molecule has 0 amide bonds. The van der Waals surface area contributed by atoms with E-state index in [0.717, 1.165) is 0 Å². The van der Waals surface area contributed by atoms with Gasteiger partial charge in [-0.25, -0.2) is 0 Å². The molecular formula is C11H15F7O. The molecule has 0 radical (unpaired) electrons. The Morgan fingerprint density at radius 3 is 1.79 bits per heavy atom. The van der Waals surface area contributed by atoms with Crippen molar-refractivity contribution in [3.05, 3.63) is 0 Å². The monoisotopic (exact) mass is 296 g/mol. The van der Waals surface area contributed by atoms with Crippen molar-refractivity contribution in [1.29, 1.82) is 0 Å². The molecule has 0 aromatic rings. The van der Waals surface area contributed by atoms with Crippen LogP contribution in [0.1, 0.15) is 33.1 Å². The highest BCUT2D eigenvalue weighted by Crippen LogP contribution is 2.50.